The number of anilines is 2. The van der Waals surface area contributed by atoms with Crippen molar-refractivity contribution in [1.82, 2.24) is 14.9 Å². The van der Waals surface area contributed by atoms with Crippen LogP contribution in [-0.4, -0.2) is 39.9 Å². The Balaban J connectivity index is 2.03. The molecular formula is C12H19BrN6O. The molecule has 1 aromatic rings. The predicted octanol–water partition coefficient (Wildman–Crippen LogP) is 1.34. The van der Waals surface area contributed by atoms with Crippen LogP contribution in [0, 0.1) is 0 Å². The summed E-state index contributed by atoms with van der Waals surface area (Å²) < 4.78 is 0.690. The summed E-state index contributed by atoms with van der Waals surface area (Å²) in [5, 5.41) is 3.10. The van der Waals surface area contributed by atoms with Gasteiger partial charge in [-0.1, -0.05) is 0 Å². The molecule has 0 aliphatic carbocycles. The summed E-state index contributed by atoms with van der Waals surface area (Å²) in [6, 6.07) is -0.343. The zero-order valence-electron chi connectivity index (χ0n) is 11.4. The van der Waals surface area contributed by atoms with E-state index in [2.05, 4.69) is 36.6 Å². The number of likely N-dealkylation sites (tertiary alicyclic amines) is 1. The summed E-state index contributed by atoms with van der Waals surface area (Å²) in [6.45, 7) is 3.51. The van der Waals surface area contributed by atoms with Crippen molar-refractivity contribution < 1.29 is 4.79 Å². The van der Waals surface area contributed by atoms with E-state index in [1.165, 1.54) is 6.42 Å². The van der Waals surface area contributed by atoms with Gasteiger partial charge in [-0.15, -0.1) is 0 Å². The Morgan fingerprint density at radius 3 is 2.80 bits per heavy atom. The van der Waals surface area contributed by atoms with Crippen molar-refractivity contribution in [2.45, 2.75) is 32.2 Å². The van der Waals surface area contributed by atoms with Gasteiger partial charge in [0.15, 0.2) is 0 Å². The predicted molar refractivity (Wildman–Crippen MR) is 81.1 cm³/mol. The zero-order valence-corrected chi connectivity index (χ0v) is 13.0. The molecule has 0 radical (unpaired) electrons. The molecule has 1 saturated heterocycles. The fourth-order valence-corrected chi connectivity index (χ4v) is 2.50. The average Bonchev–Trinajstić information content (AvgIpc) is 2.49. The van der Waals surface area contributed by atoms with Crippen molar-refractivity contribution in [3.05, 3.63) is 10.7 Å². The number of carbonyl (C=O) groups is 1. The first-order chi connectivity index (χ1) is 9.61. The molecule has 0 aromatic carbocycles. The molecule has 1 amide bonds. The fraction of sp³-hybridized carbons (Fsp3) is 0.583. The van der Waals surface area contributed by atoms with E-state index in [0.29, 0.717) is 16.2 Å². The minimum absolute atomic E-state index is 0.0949. The van der Waals surface area contributed by atoms with Crippen LogP contribution >= 0.6 is 15.9 Å². The smallest absolute Gasteiger partial charge is 0.244 e. The summed E-state index contributed by atoms with van der Waals surface area (Å²) in [4.78, 5) is 22.4. The van der Waals surface area contributed by atoms with E-state index in [9.17, 15) is 4.79 Å². The van der Waals surface area contributed by atoms with Crippen LogP contribution in [0.15, 0.2) is 10.7 Å². The topological polar surface area (TPSA) is 96.2 Å². The van der Waals surface area contributed by atoms with E-state index in [1.54, 1.807) is 6.20 Å². The first-order valence-corrected chi connectivity index (χ1v) is 7.45. The Morgan fingerprint density at radius 2 is 2.15 bits per heavy atom. The Kier molecular flexibility index (Phi) is 5.13. The lowest BCUT2D eigenvalue weighted by Gasteiger charge is -2.29. The highest BCUT2D eigenvalue weighted by Gasteiger charge is 2.22. The summed E-state index contributed by atoms with van der Waals surface area (Å²) >= 11 is 3.35. The highest BCUT2D eigenvalue weighted by molar-refractivity contribution is 9.10. The molecule has 4 N–H and O–H groups in total. The van der Waals surface area contributed by atoms with Crippen molar-refractivity contribution in [1.29, 1.82) is 0 Å². The van der Waals surface area contributed by atoms with Crippen LogP contribution < -0.4 is 16.6 Å². The molecule has 0 spiro atoms. The fourth-order valence-electron chi connectivity index (χ4n) is 2.19. The van der Waals surface area contributed by atoms with Gasteiger partial charge in [-0.05, 0) is 42.1 Å². The van der Waals surface area contributed by atoms with E-state index in [1.807, 2.05) is 11.8 Å². The number of piperidine rings is 1. The van der Waals surface area contributed by atoms with Crippen LogP contribution in [-0.2, 0) is 4.79 Å². The summed E-state index contributed by atoms with van der Waals surface area (Å²) in [7, 11) is 0. The van der Waals surface area contributed by atoms with Gasteiger partial charge in [0.25, 0.3) is 0 Å². The second-order valence-corrected chi connectivity index (χ2v) is 5.64. The minimum atomic E-state index is -0.343. The van der Waals surface area contributed by atoms with Gasteiger partial charge in [-0.3, -0.25) is 10.2 Å². The van der Waals surface area contributed by atoms with Gasteiger partial charge in [0, 0.05) is 19.3 Å². The standard InChI is InChI=1S/C12H19BrN6O/c1-8(11(20)19-5-3-2-4-6-19)16-10-9(13)7-15-12(17-10)18-14/h7-8H,2-6,14H2,1H3,(H2,15,16,17,18). The molecule has 1 unspecified atom stereocenters. The van der Waals surface area contributed by atoms with Crippen LogP contribution in [0.5, 0.6) is 0 Å². The van der Waals surface area contributed by atoms with E-state index in [-0.39, 0.29) is 11.9 Å². The van der Waals surface area contributed by atoms with Crippen LogP contribution in [0.25, 0.3) is 0 Å². The van der Waals surface area contributed by atoms with Crippen LogP contribution in [0.3, 0.4) is 0 Å². The molecule has 0 saturated carbocycles. The number of aromatic nitrogens is 2. The van der Waals surface area contributed by atoms with E-state index in [0.717, 1.165) is 25.9 Å². The highest BCUT2D eigenvalue weighted by atomic mass is 79.9. The monoisotopic (exact) mass is 342 g/mol. The number of nitrogens with zero attached hydrogens (tertiary/aromatic N) is 3. The third-order valence-electron chi connectivity index (χ3n) is 3.26. The molecule has 0 bridgehead atoms. The van der Waals surface area contributed by atoms with Gasteiger partial charge in [-0.25, -0.2) is 10.8 Å². The van der Waals surface area contributed by atoms with E-state index < -0.39 is 0 Å². The maximum atomic E-state index is 12.3. The lowest BCUT2D eigenvalue weighted by atomic mass is 10.1. The molecule has 1 aliphatic heterocycles. The number of hydrazine groups is 1. The lowest BCUT2D eigenvalue weighted by Crippen LogP contribution is -2.44. The Hall–Kier alpha value is -1.41. The van der Waals surface area contributed by atoms with Gasteiger partial charge in [0.05, 0.1) is 4.47 Å². The SMILES string of the molecule is CC(Nc1nc(NN)ncc1Br)C(=O)N1CCCCC1. The molecule has 1 atom stereocenters. The maximum absolute atomic E-state index is 12.3. The number of nitrogens with one attached hydrogen (secondary N) is 2. The van der Waals surface area contributed by atoms with Crippen LogP contribution in [0.4, 0.5) is 11.8 Å². The summed E-state index contributed by atoms with van der Waals surface area (Å²) in [6.07, 6.45) is 4.95. The van der Waals surface area contributed by atoms with E-state index >= 15 is 0 Å². The van der Waals surface area contributed by atoms with Crippen LogP contribution in [0.1, 0.15) is 26.2 Å². The lowest BCUT2D eigenvalue weighted by molar-refractivity contribution is -0.132. The van der Waals surface area contributed by atoms with Gasteiger partial charge >= 0.3 is 0 Å². The Bertz CT molecular complexity index is 477. The molecule has 20 heavy (non-hydrogen) atoms. The quantitative estimate of drug-likeness (QED) is 0.564. The Morgan fingerprint density at radius 1 is 1.45 bits per heavy atom. The first-order valence-electron chi connectivity index (χ1n) is 6.66. The Labute approximate surface area is 126 Å². The number of hydrogen-bond donors (Lipinski definition) is 3. The van der Waals surface area contributed by atoms with Crippen LogP contribution in [0.2, 0.25) is 0 Å². The second kappa shape index (κ2) is 6.85. The van der Waals surface area contributed by atoms with Gasteiger partial charge in [-0.2, -0.15) is 4.98 Å². The summed E-state index contributed by atoms with van der Waals surface area (Å²) in [5.74, 6) is 6.22. The molecule has 2 rings (SSSR count). The van der Waals surface area contributed by atoms with Crippen molar-refractivity contribution in [3.8, 4) is 0 Å². The van der Waals surface area contributed by atoms with Crippen molar-refractivity contribution >= 4 is 33.6 Å². The normalized spacial score (nSPS) is 16.6. The van der Waals surface area contributed by atoms with E-state index in [4.69, 9.17) is 5.84 Å². The second-order valence-electron chi connectivity index (χ2n) is 4.79. The molecule has 110 valence electrons. The number of halogens is 1. The number of nitrogens with two attached hydrogens (primary N) is 1. The highest BCUT2D eigenvalue weighted by Crippen LogP contribution is 2.21. The largest absolute Gasteiger partial charge is 0.358 e. The van der Waals surface area contributed by atoms with Gasteiger partial charge in [0.1, 0.15) is 11.9 Å². The molecule has 1 aliphatic rings. The third-order valence-corrected chi connectivity index (χ3v) is 3.84. The van der Waals surface area contributed by atoms with Crippen molar-refractivity contribution in [2.24, 2.45) is 5.84 Å². The third kappa shape index (κ3) is 3.57. The number of nitrogen functional groups attached to an aromatic ring is 1. The van der Waals surface area contributed by atoms with Crippen molar-refractivity contribution in [3.63, 3.8) is 0 Å². The molecule has 7 nitrogen and oxygen atoms in total. The molecule has 2 heterocycles. The maximum Gasteiger partial charge on any atom is 0.244 e. The summed E-state index contributed by atoms with van der Waals surface area (Å²) in [5.41, 5.74) is 2.38. The number of hydrogen-bond acceptors (Lipinski definition) is 6. The van der Waals surface area contributed by atoms with Gasteiger partial charge in [0.2, 0.25) is 11.9 Å². The first kappa shape index (κ1) is 15.0. The number of amides is 1. The number of rotatable bonds is 4. The van der Waals surface area contributed by atoms with Gasteiger partial charge < -0.3 is 10.2 Å². The molecule has 1 fully saturated rings. The van der Waals surface area contributed by atoms with Crippen molar-refractivity contribution in [2.75, 3.05) is 23.8 Å². The zero-order chi connectivity index (χ0) is 14.5. The molecular weight excluding hydrogens is 324 g/mol. The molecule has 1 aromatic heterocycles. The number of carbonyl (C=O) groups excluding carboxylic acids is 1. The minimum Gasteiger partial charge on any atom is -0.358 e. The molecule has 8 heteroatoms. The average molecular weight is 343 g/mol.